The summed E-state index contributed by atoms with van der Waals surface area (Å²) in [6, 6.07) is 8.42. The molecule has 1 rings (SSSR count). The van der Waals surface area contributed by atoms with Crippen molar-refractivity contribution in [3.8, 4) is 0 Å². The number of nitrogens with zero attached hydrogens (tertiary/aromatic N) is 1. The minimum Gasteiger partial charge on any atom is -0.383 e. The summed E-state index contributed by atoms with van der Waals surface area (Å²) in [6.07, 6.45) is 0. The molecule has 0 aliphatic heterocycles. The molecule has 0 radical (unpaired) electrons. The molecule has 2 atom stereocenters. The molecule has 0 heterocycles. The van der Waals surface area contributed by atoms with Gasteiger partial charge in [0, 0.05) is 30.8 Å². The van der Waals surface area contributed by atoms with Crippen LogP contribution in [0.25, 0.3) is 0 Å². The van der Waals surface area contributed by atoms with Crippen molar-refractivity contribution in [2.75, 3.05) is 26.8 Å². The van der Waals surface area contributed by atoms with Gasteiger partial charge in [-0.1, -0.05) is 30.7 Å². The summed E-state index contributed by atoms with van der Waals surface area (Å²) in [6.45, 7) is 6.49. The van der Waals surface area contributed by atoms with E-state index in [1.165, 1.54) is 0 Å². The molecule has 2 unspecified atom stereocenters. The van der Waals surface area contributed by atoms with Gasteiger partial charge in [-0.05, 0) is 31.2 Å². The van der Waals surface area contributed by atoms with Crippen LogP contribution in [0.15, 0.2) is 24.3 Å². The second kappa shape index (κ2) is 7.74. The zero-order valence-corrected chi connectivity index (χ0v) is 12.2. The van der Waals surface area contributed by atoms with Gasteiger partial charge in [-0.15, -0.1) is 0 Å². The SMILES string of the molecule is CCN(C(C)COC)C(CN)c1cccc(Cl)c1. The second-order valence-electron chi connectivity index (χ2n) is 4.44. The Labute approximate surface area is 115 Å². The zero-order valence-electron chi connectivity index (χ0n) is 11.4. The Morgan fingerprint density at radius 1 is 1.44 bits per heavy atom. The lowest BCUT2D eigenvalue weighted by atomic mass is 10.0. The summed E-state index contributed by atoms with van der Waals surface area (Å²) in [5, 5.41) is 0.751. The molecule has 0 aliphatic rings. The van der Waals surface area contributed by atoms with Gasteiger partial charge in [0.1, 0.15) is 0 Å². The molecular weight excluding hydrogens is 248 g/mol. The molecule has 0 fully saturated rings. The Morgan fingerprint density at radius 3 is 2.67 bits per heavy atom. The van der Waals surface area contributed by atoms with Crippen LogP contribution in [0.3, 0.4) is 0 Å². The van der Waals surface area contributed by atoms with Crippen LogP contribution in [-0.4, -0.2) is 37.7 Å². The van der Waals surface area contributed by atoms with Crippen molar-refractivity contribution in [2.45, 2.75) is 25.9 Å². The smallest absolute Gasteiger partial charge is 0.0615 e. The third-order valence-corrected chi connectivity index (χ3v) is 3.43. The molecule has 0 amide bonds. The number of likely N-dealkylation sites (N-methyl/N-ethyl adjacent to an activating group) is 1. The minimum absolute atomic E-state index is 0.179. The van der Waals surface area contributed by atoms with Crippen molar-refractivity contribution < 1.29 is 4.74 Å². The molecule has 0 aromatic heterocycles. The lowest BCUT2D eigenvalue weighted by Gasteiger charge is -2.35. The van der Waals surface area contributed by atoms with Crippen LogP contribution in [0.2, 0.25) is 5.02 Å². The average Bonchev–Trinajstić information content (AvgIpc) is 2.35. The predicted molar refractivity (Wildman–Crippen MR) is 77.0 cm³/mol. The Balaban J connectivity index is 2.92. The van der Waals surface area contributed by atoms with Crippen molar-refractivity contribution in [3.05, 3.63) is 34.9 Å². The molecule has 4 heteroatoms. The third kappa shape index (κ3) is 3.95. The maximum Gasteiger partial charge on any atom is 0.0615 e. The molecule has 2 N–H and O–H groups in total. The van der Waals surface area contributed by atoms with E-state index in [0.29, 0.717) is 19.2 Å². The van der Waals surface area contributed by atoms with E-state index in [1.807, 2.05) is 18.2 Å². The van der Waals surface area contributed by atoms with Gasteiger partial charge < -0.3 is 10.5 Å². The third-order valence-electron chi connectivity index (χ3n) is 3.20. The number of halogens is 1. The largest absolute Gasteiger partial charge is 0.383 e. The first-order valence-corrected chi connectivity index (χ1v) is 6.72. The first-order valence-electron chi connectivity index (χ1n) is 6.34. The van der Waals surface area contributed by atoms with Crippen molar-refractivity contribution in [1.29, 1.82) is 0 Å². The monoisotopic (exact) mass is 270 g/mol. The number of ether oxygens (including phenoxy) is 1. The standard InChI is InChI=1S/C14H23ClN2O/c1-4-17(11(2)10-18-3)14(9-16)12-6-5-7-13(15)8-12/h5-8,11,14H,4,9-10,16H2,1-3H3. The highest BCUT2D eigenvalue weighted by atomic mass is 35.5. The van der Waals surface area contributed by atoms with E-state index in [-0.39, 0.29) is 6.04 Å². The maximum atomic E-state index is 6.05. The molecule has 0 saturated carbocycles. The number of rotatable bonds is 7. The summed E-state index contributed by atoms with van der Waals surface area (Å²) < 4.78 is 5.23. The van der Waals surface area contributed by atoms with Crippen LogP contribution in [0, 0.1) is 0 Å². The fourth-order valence-corrected chi connectivity index (χ4v) is 2.55. The number of methoxy groups -OCH3 is 1. The fraction of sp³-hybridized carbons (Fsp3) is 0.571. The number of benzene rings is 1. The van der Waals surface area contributed by atoms with Crippen LogP contribution in [0.5, 0.6) is 0 Å². The zero-order chi connectivity index (χ0) is 13.5. The number of hydrogen-bond acceptors (Lipinski definition) is 3. The number of hydrogen-bond donors (Lipinski definition) is 1. The lowest BCUT2D eigenvalue weighted by molar-refractivity contribution is 0.0751. The second-order valence-corrected chi connectivity index (χ2v) is 4.88. The summed E-state index contributed by atoms with van der Waals surface area (Å²) in [7, 11) is 1.72. The molecule has 0 aliphatic carbocycles. The Bertz CT molecular complexity index is 359. The molecule has 1 aromatic rings. The number of nitrogens with two attached hydrogens (primary N) is 1. The fourth-order valence-electron chi connectivity index (χ4n) is 2.35. The summed E-state index contributed by atoms with van der Waals surface area (Å²) in [5.41, 5.74) is 7.10. The molecule has 18 heavy (non-hydrogen) atoms. The highest BCUT2D eigenvalue weighted by Crippen LogP contribution is 2.24. The van der Waals surface area contributed by atoms with Gasteiger partial charge in [-0.2, -0.15) is 0 Å². The highest BCUT2D eigenvalue weighted by Gasteiger charge is 2.22. The van der Waals surface area contributed by atoms with Crippen LogP contribution in [0.1, 0.15) is 25.5 Å². The maximum absolute atomic E-state index is 6.05. The molecule has 3 nitrogen and oxygen atoms in total. The van der Waals surface area contributed by atoms with E-state index in [2.05, 4.69) is 24.8 Å². The van der Waals surface area contributed by atoms with Gasteiger partial charge in [-0.25, -0.2) is 0 Å². The van der Waals surface area contributed by atoms with Gasteiger partial charge in [0.25, 0.3) is 0 Å². The highest BCUT2D eigenvalue weighted by molar-refractivity contribution is 6.30. The average molecular weight is 271 g/mol. The van der Waals surface area contributed by atoms with Gasteiger partial charge >= 0.3 is 0 Å². The summed E-state index contributed by atoms with van der Waals surface area (Å²) in [5.74, 6) is 0. The first kappa shape index (κ1) is 15.4. The molecule has 1 aromatic carbocycles. The first-order chi connectivity index (χ1) is 8.63. The van der Waals surface area contributed by atoms with E-state index in [4.69, 9.17) is 22.1 Å². The van der Waals surface area contributed by atoms with Crippen LogP contribution >= 0.6 is 11.6 Å². The van der Waals surface area contributed by atoms with Gasteiger partial charge in [0.05, 0.1) is 6.61 Å². The molecule has 102 valence electrons. The van der Waals surface area contributed by atoms with E-state index < -0.39 is 0 Å². The Hall–Kier alpha value is -0.610. The van der Waals surface area contributed by atoms with Crippen LogP contribution in [0.4, 0.5) is 0 Å². The normalized spacial score (nSPS) is 14.8. The van der Waals surface area contributed by atoms with Crippen molar-refractivity contribution >= 4 is 11.6 Å². The lowest BCUT2D eigenvalue weighted by Crippen LogP contribution is -2.42. The van der Waals surface area contributed by atoms with Gasteiger partial charge in [0.15, 0.2) is 0 Å². The Morgan fingerprint density at radius 2 is 2.17 bits per heavy atom. The summed E-state index contributed by atoms with van der Waals surface area (Å²) in [4.78, 5) is 2.34. The van der Waals surface area contributed by atoms with E-state index in [9.17, 15) is 0 Å². The van der Waals surface area contributed by atoms with E-state index >= 15 is 0 Å². The van der Waals surface area contributed by atoms with Gasteiger partial charge in [-0.3, -0.25) is 4.90 Å². The van der Waals surface area contributed by atoms with Gasteiger partial charge in [0.2, 0.25) is 0 Å². The molecule has 0 saturated heterocycles. The molecule has 0 bridgehead atoms. The molecule has 0 spiro atoms. The van der Waals surface area contributed by atoms with Crippen LogP contribution < -0.4 is 5.73 Å². The quantitative estimate of drug-likeness (QED) is 0.828. The van der Waals surface area contributed by atoms with E-state index in [0.717, 1.165) is 17.1 Å². The van der Waals surface area contributed by atoms with Crippen molar-refractivity contribution in [2.24, 2.45) is 5.73 Å². The van der Waals surface area contributed by atoms with E-state index in [1.54, 1.807) is 7.11 Å². The van der Waals surface area contributed by atoms with Crippen molar-refractivity contribution in [3.63, 3.8) is 0 Å². The Kier molecular flexibility index (Phi) is 6.65. The topological polar surface area (TPSA) is 38.5 Å². The minimum atomic E-state index is 0.179. The van der Waals surface area contributed by atoms with Crippen molar-refractivity contribution in [1.82, 2.24) is 4.90 Å². The molecular formula is C14H23ClN2O. The predicted octanol–water partition coefficient (Wildman–Crippen LogP) is 2.70. The van der Waals surface area contributed by atoms with Crippen LogP contribution in [-0.2, 0) is 4.74 Å². The summed E-state index contributed by atoms with van der Waals surface area (Å²) >= 11 is 6.05.